The summed E-state index contributed by atoms with van der Waals surface area (Å²) in [5.74, 6) is -1.16. The van der Waals surface area contributed by atoms with E-state index < -0.39 is 16.0 Å². The van der Waals surface area contributed by atoms with Crippen LogP contribution in [0.3, 0.4) is 0 Å². The predicted octanol–water partition coefficient (Wildman–Crippen LogP) is 0.0353. The molecule has 0 amide bonds. The molecule has 2 N–H and O–H groups in total. The number of nitrogens with one attached hydrogen (secondary N) is 1. The maximum absolute atomic E-state index is 12.5. The van der Waals surface area contributed by atoms with E-state index >= 15 is 0 Å². The number of carboxylic acid groups (broad SMARTS) is 1. The maximum Gasteiger partial charge on any atom is 0.340 e. The van der Waals surface area contributed by atoms with Crippen molar-refractivity contribution in [3.05, 3.63) is 17.1 Å². The largest absolute Gasteiger partial charge is 0.478 e. The van der Waals surface area contributed by atoms with E-state index in [4.69, 9.17) is 4.42 Å². The molecule has 0 spiro atoms. The molecule has 118 valence electrons. The minimum Gasteiger partial charge on any atom is -0.478 e. The van der Waals surface area contributed by atoms with Gasteiger partial charge < -0.3 is 14.4 Å². The molecule has 0 radical (unpaired) electrons. The van der Waals surface area contributed by atoms with Crippen molar-refractivity contribution >= 4 is 16.0 Å². The van der Waals surface area contributed by atoms with E-state index in [-0.39, 0.29) is 22.0 Å². The molecule has 1 fully saturated rings. The Morgan fingerprint density at radius 1 is 1.19 bits per heavy atom. The van der Waals surface area contributed by atoms with Gasteiger partial charge in [0, 0.05) is 26.2 Å². The lowest BCUT2D eigenvalue weighted by Crippen LogP contribution is -2.52. The molecular formula is C12H19N3O5S. The lowest BCUT2D eigenvalue weighted by atomic mass is 10.2. The number of hydrazine groups is 1. The molecule has 0 unspecified atom stereocenters. The Kier molecular flexibility index (Phi) is 4.38. The number of sulfonamides is 1. The van der Waals surface area contributed by atoms with Crippen LogP contribution in [0.15, 0.2) is 9.31 Å². The van der Waals surface area contributed by atoms with Crippen molar-refractivity contribution in [2.75, 3.05) is 33.2 Å². The topological polar surface area (TPSA) is 103 Å². The fourth-order valence-electron chi connectivity index (χ4n) is 2.35. The highest BCUT2D eigenvalue weighted by atomic mass is 32.2. The van der Waals surface area contributed by atoms with Crippen LogP contribution in [0, 0.1) is 13.8 Å². The lowest BCUT2D eigenvalue weighted by Gasteiger charge is -2.32. The van der Waals surface area contributed by atoms with E-state index in [9.17, 15) is 18.3 Å². The first-order valence-electron chi connectivity index (χ1n) is 6.51. The Balaban J connectivity index is 2.30. The van der Waals surface area contributed by atoms with Gasteiger partial charge in [0.05, 0.1) is 0 Å². The van der Waals surface area contributed by atoms with Crippen molar-refractivity contribution in [2.45, 2.75) is 18.7 Å². The first-order chi connectivity index (χ1) is 9.72. The summed E-state index contributed by atoms with van der Waals surface area (Å²) in [5, 5.41) is 10.8. The number of rotatable bonds is 4. The second kappa shape index (κ2) is 5.76. The van der Waals surface area contributed by atoms with Gasteiger partial charge in [-0.15, -0.1) is 4.83 Å². The molecule has 0 bridgehead atoms. The van der Waals surface area contributed by atoms with Gasteiger partial charge in [0.1, 0.15) is 22.0 Å². The van der Waals surface area contributed by atoms with Crippen molar-refractivity contribution in [1.29, 1.82) is 0 Å². The Morgan fingerprint density at radius 2 is 1.76 bits per heavy atom. The van der Waals surface area contributed by atoms with Gasteiger partial charge in [-0.25, -0.2) is 18.2 Å². The monoisotopic (exact) mass is 317 g/mol. The van der Waals surface area contributed by atoms with E-state index in [1.807, 2.05) is 7.05 Å². The van der Waals surface area contributed by atoms with Gasteiger partial charge in [0.2, 0.25) is 0 Å². The number of hydrogen-bond acceptors (Lipinski definition) is 6. The van der Waals surface area contributed by atoms with Gasteiger partial charge in [-0.05, 0) is 20.9 Å². The molecule has 0 atom stereocenters. The molecular weight excluding hydrogens is 298 g/mol. The summed E-state index contributed by atoms with van der Waals surface area (Å²) in [6.07, 6.45) is 0. The van der Waals surface area contributed by atoms with Crippen LogP contribution in [0.4, 0.5) is 0 Å². The van der Waals surface area contributed by atoms with Crippen molar-refractivity contribution in [3.63, 3.8) is 0 Å². The second-order valence-corrected chi connectivity index (χ2v) is 6.71. The maximum atomic E-state index is 12.5. The normalized spacial score (nSPS) is 18.0. The van der Waals surface area contributed by atoms with Gasteiger partial charge in [-0.1, -0.05) is 0 Å². The molecule has 2 heterocycles. The fraction of sp³-hybridized carbons (Fsp3) is 0.583. The molecule has 2 rings (SSSR count). The minimum absolute atomic E-state index is 0.0755. The zero-order valence-electron chi connectivity index (χ0n) is 12.2. The van der Waals surface area contributed by atoms with Gasteiger partial charge in [-0.3, -0.25) is 0 Å². The highest BCUT2D eigenvalue weighted by Crippen LogP contribution is 2.26. The third-order valence-corrected chi connectivity index (χ3v) is 4.97. The van der Waals surface area contributed by atoms with Crippen LogP contribution in [0.2, 0.25) is 0 Å². The quantitative estimate of drug-likeness (QED) is 0.808. The summed E-state index contributed by atoms with van der Waals surface area (Å²) in [6.45, 7) is 5.42. The Bertz CT molecular complexity index is 644. The zero-order chi connectivity index (χ0) is 15.8. The number of piperazine rings is 1. The van der Waals surface area contributed by atoms with Crippen molar-refractivity contribution in [1.82, 2.24) is 14.7 Å². The zero-order valence-corrected chi connectivity index (χ0v) is 13.0. The third kappa shape index (κ3) is 3.26. The average Bonchev–Trinajstić information content (AvgIpc) is 2.67. The van der Waals surface area contributed by atoms with Crippen LogP contribution >= 0.6 is 0 Å². The number of nitrogens with zero attached hydrogens (tertiary/aromatic N) is 2. The van der Waals surface area contributed by atoms with Crippen molar-refractivity contribution in [2.24, 2.45) is 0 Å². The number of furan rings is 1. The summed E-state index contributed by atoms with van der Waals surface area (Å²) in [6, 6.07) is 0. The molecule has 21 heavy (non-hydrogen) atoms. The number of aryl methyl sites for hydroxylation is 2. The van der Waals surface area contributed by atoms with Crippen LogP contribution in [-0.2, 0) is 10.0 Å². The molecule has 1 saturated heterocycles. The fourth-order valence-corrected chi connectivity index (χ4v) is 3.88. The molecule has 1 aromatic heterocycles. The van der Waals surface area contributed by atoms with Crippen LogP contribution < -0.4 is 4.83 Å². The molecule has 0 aliphatic carbocycles. The molecule has 1 aromatic rings. The smallest absolute Gasteiger partial charge is 0.340 e. The first kappa shape index (κ1) is 16.0. The van der Waals surface area contributed by atoms with E-state index in [1.165, 1.54) is 13.8 Å². The van der Waals surface area contributed by atoms with Gasteiger partial charge >= 0.3 is 5.97 Å². The number of carbonyl (C=O) groups is 1. The summed E-state index contributed by atoms with van der Waals surface area (Å²) >= 11 is 0. The molecule has 9 heteroatoms. The Hall–Kier alpha value is -1.42. The minimum atomic E-state index is -3.98. The summed E-state index contributed by atoms with van der Waals surface area (Å²) in [5.41, 5.74) is -0.311. The second-order valence-electron chi connectivity index (χ2n) is 5.11. The predicted molar refractivity (Wildman–Crippen MR) is 74.5 cm³/mol. The number of carboxylic acids is 1. The number of likely N-dealkylation sites (N-methyl/N-ethyl adjacent to an activating group) is 1. The number of hydrogen-bond donors (Lipinski definition) is 2. The summed E-state index contributed by atoms with van der Waals surface area (Å²) < 4.78 is 30.1. The van der Waals surface area contributed by atoms with E-state index in [0.29, 0.717) is 13.1 Å². The lowest BCUT2D eigenvalue weighted by molar-refractivity contribution is 0.0691. The van der Waals surface area contributed by atoms with E-state index in [2.05, 4.69) is 9.73 Å². The SMILES string of the molecule is Cc1oc(C)c(S(=O)(=O)NN2CCN(C)CC2)c1C(=O)O. The Labute approximate surface area is 123 Å². The van der Waals surface area contributed by atoms with Gasteiger partial charge in [-0.2, -0.15) is 0 Å². The molecule has 8 nitrogen and oxygen atoms in total. The highest BCUT2D eigenvalue weighted by molar-refractivity contribution is 7.89. The van der Waals surface area contributed by atoms with Crippen LogP contribution in [-0.4, -0.2) is 62.6 Å². The van der Waals surface area contributed by atoms with Crippen LogP contribution in [0.5, 0.6) is 0 Å². The van der Waals surface area contributed by atoms with Gasteiger partial charge in [0.15, 0.2) is 0 Å². The summed E-state index contributed by atoms with van der Waals surface area (Å²) in [4.78, 5) is 15.5. The standard InChI is InChI=1S/C12H19N3O5S/c1-8-10(12(16)17)11(9(2)20-8)21(18,19)13-15-6-4-14(3)5-7-15/h13H,4-7H2,1-3H3,(H,16,17). The summed E-state index contributed by atoms with van der Waals surface area (Å²) in [7, 11) is -2.02. The molecule has 0 saturated carbocycles. The highest BCUT2D eigenvalue weighted by Gasteiger charge is 2.32. The van der Waals surface area contributed by atoms with E-state index in [0.717, 1.165) is 13.1 Å². The average molecular weight is 317 g/mol. The van der Waals surface area contributed by atoms with Crippen molar-refractivity contribution in [3.8, 4) is 0 Å². The van der Waals surface area contributed by atoms with Crippen molar-refractivity contribution < 1.29 is 22.7 Å². The van der Waals surface area contributed by atoms with Crippen LogP contribution in [0.25, 0.3) is 0 Å². The molecule has 0 aromatic carbocycles. The third-order valence-electron chi connectivity index (χ3n) is 3.44. The van der Waals surface area contributed by atoms with E-state index in [1.54, 1.807) is 5.01 Å². The molecule has 1 aliphatic rings. The molecule has 1 aliphatic heterocycles. The van der Waals surface area contributed by atoms with Crippen LogP contribution in [0.1, 0.15) is 21.9 Å². The first-order valence-corrected chi connectivity index (χ1v) is 8.00. The Morgan fingerprint density at radius 3 is 2.29 bits per heavy atom. The van der Waals surface area contributed by atoms with Gasteiger partial charge in [0.25, 0.3) is 10.0 Å². The number of aromatic carboxylic acids is 1.